The fourth-order valence-electron chi connectivity index (χ4n) is 3.69. The Morgan fingerprint density at radius 3 is 1.66 bits per heavy atom. The van der Waals surface area contributed by atoms with E-state index in [9.17, 15) is 35.9 Å². The van der Waals surface area contributed by atoms with Crippen molar-refractivity contribution >= 4 is 29.2 Å². The number of aromatic nitrogens is 2. The molecule has 0 N–H and O–H groups in total. The molecule has 5 nitrogen and oxygen atoms in total. The van der Waals surface area contributed by atoms with E-state index < -0.39 is 52.2 Å². The third kappa shape index (κ3) is 5.37. The number of benzene rings is 3. The maximum Gasteiger partial charge on any atom is 0.417 e. The molecule has 0 radical (unpaired) electrons. The summed E-state index contributed by atoms with van der Waals surface area (Å²) in [6, 6.07) is 13.1. The van der Waals surface area contributed by atoms with Crippen molar-refractivity contribution in [3.05, 3.63) is 113 Å². The molecular weight excluding hydrogens is 536 g/mol. The second kappa shape index (κ2) is 10.3. The van der Waals surface area contributed by atoms with Gasteiger partial charge in [0.05, 0.1) is 22.3 Å². The number of halogens is 7. The van der Waals surface area contributed by atoms with Gasteiger partial charge in [-0.15, -0.1) is 0 Å². The van der Waals surface area contributed by atoms with Crippen LogP contribution in [0.3, 0.4) is 0 Å². The molecule has 1 aromatic heterocycles. The van der Waals surface area contributed by atoms with E-state index in [1.165, 1.54) is 30.5 Å². The molecule has 3 aromatic carbocycles. The number of alkyl halides is 6. The Morgan fingerprint density at radius 1 is 0.711 bits per heavy atom. The van der Waals surface area contributed by atoms with Crippen LogP contribution < -0.4 is 4.90 Å². The number of rotatable bonds is 4. The Balaban J connectivity index is 1.99. The number of hydrogen-bond donors (Lipinski definition) is 0. The van der Waals surface area contributed by atoms with Crippen molar-refractivity contribution in [1.29, 1.82) is 0 Å². The second-order valence-corrected chi connectivity index (χ2v) is 8.24. The number of hydrogen-bond acceptors (Lipinski definition) is 4. The van der Waals surface area contributed by atoms with Gasteiger partial charge in [-0.25, -0.2) is 14.9 Å². The molecule has 0 bridgehead atoms. The quantitative estimate of drug-likeness (QED) is 0.198. The minimum absolute atomic E-state index is 0.0140. The smallest absolute Gasteiger partial charge is 0.268 e. The lowest BCUT2D eigenvalue weighted by molar-refractivity contribution is -0.138. The van der Waals surface area contributed by atoms with Crippen LogP contribution in [-0.2, 0) is 12.4 Å². The molecule has 4 rings (SSSR count). The van der Waals surface area contributed by atoms with Gasteiger partial charge in [-0.05, 0) is 42.0 Å². The maximum absolute atomic E-state index is 13.8. The molecule has 0 aliphatic heterocycles. The lowest BCUT2D eigenvalue weighted by Crippen LogP contribution is -2.40. The summed E-state index contributed by atoms with van der Waals surface area (Å²) in [6.45, 7) is 0. The fourth-order valence-corrected chi connectivity index (χ4v) is 3.82. The van der Waals surface area contributed by atoms with Crippen LogP contribution in [0.2, 0.25) is 5.02 Å². The summed E-state index contributed by atoms with van der Waals surface area (Å²) in [4.78, 5) is 35.3. The molecule has 0 spiro atoms. The topological polar surface area (TPSA) is 63.2 Å². The van der Waals surface area contributed by atoms with Gasteiger partial charge < -0.3 is 0 Å². The summed E-state index contributed by atoms with van der Waals surface area (Å²) in [5.41, 5.74) is -4.40. The SMILES string of the molecule is O=C(c1ccccc1C(F)(F)F)N(C(=O)c1ccccc1C(F)(F)F)c1ncncc1-c1ccc(Cl)cc1. The predicted molar refractivity (Wildman–Crippen MR) is 127 cm³/mol. The van der Waals surface area contributed by atoms with E-state index >= 15 is 0 Å². The van der Waals surface area contributed by atoms with Crippen LogP contribution in [0.5, 0.6) is 0 Å². The Morgan fingerprint density at radius 2 is 1.18 bits per heavy atom. The third-order valence-electron chi connectivity index (χ3n) is 5.39. The minimum Gasteiger partial charge on any atom is -0.268 e. The second-order valence-electron chi connectivity index (χ2n) is 7.80. The number of amides is 2. The van der Waals surface area contributed by atoms with Gasteiger partial charge in [0.25, 0.3) is 11.8 Å². The molecule has 194 valence electrons. The van der Waals surface area contributed by atoms with Gasteiger partial charge in [0.1, 0.15) is 6.33 Å². The predicted octanol–water partition coefficient (Wildman–Crippen LogP) is 7.32. The van der Waals surface area contributed by atoms with Crippen LogP contribution in [0, 0.1) is 0 Å². The molecular formula is C26H14ClF6N3O2. The molecule has 0 saturated carbocycles. The van der Waals surface area contributed by atoms with Gasteiger partial charge in [-0.1, -0.05) is 48.0 Å². The summed E-state index contributed by atoms with van der Waals surface area (Å²) >= 11 is 5.92. The Hall–Kier alpha value is -4.25. The van der Waals surface area contributed by atoms with Crippen molar-refractivity contribution in [3.63, 3.8) is 0 Å². The normalized spacial score (nSPS) is 11.8. The van der Waals surface area contributed by atoms with E-state index in [-0.39, 0.29) is 10.5 Å². The first kappa shape index (κ1) is 26.8. The molecule has 2 amide bonds. The van der Waals surface area contributed by atoms with Crippen LogP contribution >= 0.6 is 11.6 Å². The molecule has 0 fully saturated rings. The van der Waals surface area contributed by atoms with E-state index in [0.29, 0.717) is 22.7 Å². The summed E-state index contributed by atoms with van der Waals surface area (Å²) in [7, 11) is 0. The molecule has 38 heavy (non-hydrogen) atoms. The highest BCUT2D eigenvalue weighted by Gasteiger charge is 2.41. The molecule has 0 aliphatic rings. The van der Waals surface area contributed by atoms with E-state index in [4.69, 9.17) is 11.6 Å². The van der Waals surface area contributed by atoms with Gasteiger partial charge in [-0.2, -0.15) is 26.3 Å². The highest BCUT2D eigenvalue weighted by molar-refractivity contribution is 6.30. The molecule has 0 unspecified atom stereocenters. The highest BCUT2D eigenvalue weighted by Crippen LogP contribution is 2.37. The monoisotopic (exact) mass is 549 g/mol. The van der Waals surface area contributed by atoms with Crippen molar-refractivity contribution in [1.82, 2.24) is 9.97 Å². The first-order valence-corrected chi connectivity index (χ1v) is 11.0. The molecule has 0 atom stereocenters. The summed E-state index contributed by atoms with van der Waals surface area (Å²) in [5.74, 6) is -3.59. The third-order valence-corrected chi connectivity index (χ3v) is 5.64. The van der Waals surface area contributed by atoms with E-state index in [2.05, 4.69) is 9.97 Å². The Kier molecular flexibility index (Phi) is 7.23. The average molecular weight is 550 g/mol. The van der Waals surface area contributed by atoms with Crippen molar-refractivity contribution in [2.24, 2.45) is 0 Å². The first-order valence-electron chi connectivity index (χ1n) is 10.7. The number of imide groups is 1. The van der Waals surface area contributed by atoms with Crippen molar-refractivity contribution in [2.75, 3.05) is 4.90 Å². The summed E-state index contributed by atoms with van der Waals surface area (Å²) < 4.78 is 82.6. The van der Waals surface area contributed by atoms with E-state index in [1.807, 2.05) is 0 Å². The van der Waals surface area contributed by atoms with Crippen LogP contribution in [0.1, 0.15) is 31.8 Å². The van der Waals surface area contributed by atoms with Crippen molar-refractivity contribution in [3.8, 4) is 11.1 Å². The minimum atomic E-state index is -5.00. The lowest BCUT2D eigenvalue weighted by Gasteiger charge is -2.25. The number of carbonyl (C=O) groups is 2. The van der Waals surface area contributed by atoms with Gasteiger partial charge in [0.2, 0.25) is 0 Å². The van der Waals surface area contributed by atoms with Gasteiger partial charge in [0, 0.05) is 16.8 Å². The summed E-state index contributed by atoms with van der Waals surface area (Å²) in [6.07, 6.45) is -7.93. The van der Waals surface area contributed by atoms with Crippen LogP contribution in [0.4, 0.5) is 32.2 Å². The van der Waals surface area contributed by atoms with Crippen molar-refractivity contribution in [2.45, 2.75) is 12.4 Å². The molecule has 12 heteroatoms. The fraction of sp³-hybridized carbons (Fsp3) is 0.0769. The summed E-state index contributed by atoms with van der Waals surface area (Å²) in [5, 5.41) is 0.328. The Bertz CT molecular complexity index is 1430. The van der Waals surface area contributed by atoms with Gasteiger partial charge in [0.15, 0.2) is 5.82 Å². The maximum atomic E-state index is 13.8. The lowest BCUT2D eigenvalue weighted by atomic mass is 10.0. The average Bonchev–Trinajstić information content (AvgIpc) is 2.88. The zero-order valence-electron chi connectivity index (χ0n) is 18.9. The Labute approximate surface area is 216 Å². The number of anilines is 1. The molecule has 0 aliphatic carbocycles. The van der Waals surface area contributed by atoms with Gasteiger partial charge >= 0.3 is 12.4 Å². The highest BCUT2D eigenvalue weighted by atomic mass is 35.5. The largest absolute Gasteiger partial charge is 0.417 e. The molecule has 0 saturated heterocycles. The van der Waals surface area contributed by atoms with E-state index in [1.54, 1.807) is 0 Å². The standard InChI is InChI=1S/C26H14ClF6N3O2/c27-16-11-9-15(10-12-16)19-13-34-14-35-22(19)36(23(37)17-5-1-3-7-20(17)25(28,29)30)24(38)18-6-2-4-8-21(18)26(31,32)33/h1-14H. The van der Waals surface area contributed by atoms with Gasteiger partial charge in [-0.3, -0.25) is 9.59 Å². The van der Waals surface area contributed by atoms with E-state index in [0.717, 1.165) is 42.7 Å². The first-order chi connectivity index (χ1) is 17.9. The van der Waals surface area contributed by atoms with Crippen LogP contribution in [0.15, 0.2) is 85.3 Å². The van der Waals surface area contributed by atoms with Crippen LogP contribution in [-0.4, -0.2) is 21.8 Å². The zero-order chi connectivity index (χ0) is 27.7. The van der Waals surface area contributed by atoms with Crippen molar-refractivity contribution < 1.29 is 35.9 Å². The molecule has 1 heterocycles. The van der Waals surface area contributed by atoms with Crippen LogP contribution in [0.25, 0.3) is 11.1 Å². The zero-order valence-corrected chi connectivity index (χ0v) is 19.6. The number of nitrogens with zero attached hydrogens (tertiary/aromatic N) is 3. The molecule has 4 aromatic rings. The number of carbonyl (C=O) groups excluding carboxylic acids is 2.